The summed E-state index contributed by atoms with van der Waals surface area (Å²) >= 11 is 0. The van der Waals surface area contributed by atoms with E-state index in [9.17, 15) is 9.90 Å². The van der Waals surface area contributed by atoms with E-state index in [1.165, 1.54) is 5.56 Å². The van der Waals surface area contributed by atoms with Crippen LogP contribution in [-0.2, 0) is 11.3 Å². The highest BCUT2D eigenvalue weighted by Gasteiger charge is 2.53. The molecule has 2 aromatic rings. The van der Waals surface area contributed by atoms with Gasteiger partial charge in [0.15, 0.2) is 0 Å². The fourth-order valence-corrected chi connectivity index (χ4v) is 4.49. The summed E-state index contributed by atoms with van der Waals surface area (Å²) in [6.45, 7) is 2.99. The lowest BCUT2D eigenvalue weighted by molar-refractivity contribution is -0.158. The van der Waals surface area contributed by atoms with Crippen LogP contribution >= 0.6 is 0 Å². The predicted octanol–water partition coefficient (Wildman–Crippen LogP) is 1.82. The minimum atomic E-state index is -0.763. The SMILES string of the molecule is O=C(O)[C@]12CCCN(Cc3ccncc3)C1CCN(c1cnccn1)C2. The van der Waals surface area contributed by atoms with Crippen LogP contribution in [0.5, 0.6) is 0 Å². The minimum absolute atomic E-state index is 0.0369. The summed E-state index contributed by atoms with van der Waals surface area (Å²) in [6.07, 6.45) is 11.0. The number of carbonyl (C=O) groups is 1. The van der Waals surface area contributed by atoms with Crippen LogP contribution in [0, 0.1) is 5.41 Å². The summed E-state index contributed by atoms with van der Waals surface area (Å²) in [7, 11) is 0. The average Bonchev–Trinajstić information content (AvgIpc) is 2.69. The van der Waals surface area contributed by atoms with Crippen molar-refractivity contribution in [1.29, 1.82) is 0 Å². The van der Waals surface area contributed by atoms with Crippen molar-refractivity contribution in [2.75, 3.05) is 24.5 Å². The molecule has 0 radical (unpaired) electrons. The molecule has 0 aromatic carbocycles. The van der Waals surface area contributed by atoms with Gasteiger partial charge in [-0.2, -0.15) is 0 Å². The van der Waals surface area contributed by atoms with Crippen LogP contribution in [0.4, 0.5) is 5.82 Å². The fraction of sp³-hybridized carbons (Fsp3) is 0.474. The van der Waals surface area contributed by atoms with Crippen molar-refractivity contribution in [3.05, 3.63) is 48.7 Å². The average molecular weight is 353 g/mol. The zero-order valence-corrected chi connectivity index (χ0v) is 14.7. The van der Waals surface area contributed by atoms with Crippen molar-refractivity contribution in [3.8, 4) is 0 Å². The van der Waals surface area contributed by atoms with E-state index in [0.717, 1.165) is 38.3 Å². The lowest BCUT2D eigenvalue weighted by Crippen LogP contribution is -2.64. The number of hydrogen-bond donors (Lipinski definition) is 1. The molecule has 1 N–H and O–H groups in total. The molecule has 0 amide bonds. The van der Waals surface area contributed by atoms with Crippen LogP contribution in [0.2, 0.25) is 0 Å². The normalized spacial score (nSPS) is 26.3. The highest BCUT2D eigenvalue weighted by atomic mass is 16.4. The van der Waals surface area contributed by atoms with Crippen molar-refractivity contribution >= 4 is 11.8 Å². The Labute approximate surface area is 152 Å². The van der Waals surface area contributed by atoms with Crippen LogP contribution < -0.4 is 4.90 Å². The number of carboxylic acid groups (broad SMARTS) is 1. The van der Waals surface area contributed by atoms with Crippen molar-refractivity contribution < 1.29 is 9.90 Å². The Kier molecular flexibility index (Phi) is 4.55. The van der Waals surface area contributed by atoms with Gasteiger partial charge in [-0.1, -0.05) is 0 Å². The van der Waals surface area contributed by atoms with Gasteiger partial charge in [-0.05, 0) is 43.5 Å². The molecular weight excluding hydrogens is 330 g/mol. The van der Waals surface area contributed by atoms with Crippen LogP contribution in [0.25, 0.3) is 0 Å². The topological polar surface area (TPSA) is 82.5 Å². The Balaban J connectivity index is 1.60. The smallest absolute Gasteiger partial charge is 0.313 e. The number of likely N-dealkylation sites (tertiary alicyclic amines) is 1. The Morgan fingerprint density at radius 2 is 2.04 bits per heavy atom. The standard InChI is InChI=1S/C19H23N5O2/c25-18(26)19-5-1-10-23(13-15-2-6-20-7-3-15)16(19)4-11-24(14-19)17-12-21-8-9-22-17/h2-3,6-9,12,16H,1,4-5,10-11,13-14H2,(H,25,26)/t16?,19-/m0/s1. The summed E-state index contributed by atoms with van der Waals surface area (Å²) in [5, 5.41) is 10.2. The summed E-state index contributed by atoms with van der Waals surface area (Å²) in [4.78, 5) is 29.4. The summed E-state index contributed by atoms with van der Waals surface area (Å²) in [5.74, 6) is 0.0633. The third-order valence-electron chi connectivity index (χ3n) is 5.73. The molecule has 2 saturated heterocycles. The molecule has 136 valence electrons. The van der Waals surface area contributed by atoms with E-state index in [2.05, 4.69) is 24.8 Å². The van der Waals surface area contributed by atoms with Crippen molar-refractivity contribution in [3.63, 3.8) is 0 Å². The molecule has 7 nitrogen and oxygen atoms in total. The van der Waals surface area contributed by atoms with Gasteiger partial charge in [0.1, 0.15) is 11.2 Å². The maximum atomic E-state index is 12.4. The van der Waals surface area contributed by atoms with Gasteiger partial charge in [0.2, 0.25) is 0 Å². The number of nitrogens with zero attached hydrogens (tertiary/aromatic N) is 5. The maximum absolute atomic E-state index is 12.4. The lowest BCUT2D eigenvalue weighted by Gasteiger charge is -2.53. The van der Waals surface area contributed by atoms with E-state index >= 15 is 0 Å². The molecule has 2 fully saturated rings. The van der Waals surface area contributed by atoms with Crippen molar-refractivity contribution in [1.82, 2.24) is 19.9 Å². The Morgan fingerprint density at radius 3 is 2.77 bits per heavy atom. The molecule has 26 heavy (non-hydrogen) atoms. The molecule has 0 saturated carbocycles. The summed E-state index contributed by atoms with van der Waals surface area (Å²) in [5.41, 5.74) is 0.415. The molecule has 0 spiro atoms. The Hall–Kier alpha value is -2.54. The maximum Gasteiger partial charge on any atom is 0.313 e. The molecule has 2 aliphatic heterocycles. The number of hydrogen-bond acceptors (Lipinski definition) is 6. The zero-order chi connectivity index (χ0) is 18.0. The largest absolute Gasteiger partial charge is 0.481 e. The first-order chi connectivity index (χ1) is 12.7. The first-order valence-electron chi connectivity index (χ1n) is 9.06. The van der Waals surface area contributed by atoms with Gasteiger partial charge in [0.05, 0.1) is 6.20 Å². The number of fused-ring (bicyclic) bond motifs is 1. The van der Waals surface area contributed by atoms with E-state index in [0.29, 0.717) is 13.0 Å². The molecule has 4 rings (SSSR count). The first-order valence-corrected chi connectivity index (χ1v) is 9.06. The molecular formula is C19H23N5O2. The van der Waals surface area contributed by atoms with Crippen LogP contribution in [0.3, 0.4) is 0 Å². The monoisotopic (exact) mass is 353 g/mol. The van der Waals surface area contributed by atoms with Gasteiger partial charge >= 0.3 is 5.97 Å². The van der Waals surface area contributed by atoms with Gasteiger partial charge in [-0.25, -0.2) is 4.98 Å². The zero-order valence-electron chi connectivity index (χ0n) is 14.7. The lowest BCUT2D eigenvalue weighted by atomic mass is 9.69. The quantitative estimate of drug-likeness (QED) is 0.898. The first kappa shape index (κ1) is 16.9. The molecule has 0 aliphatic carbocycles. The van der Waals surface area contributed by atoms with Gasteiger partial charge < -0.3 is 10.0 Å². The number of aliphatic carboxylic acids is 1. The number of rotatable bonds is 4. The van der Waals surface area contributed by atoms with Crippen LogP contribution in [0.1, 0.15) is 24.8 Å². The Morgan fingerprint density at radius 1 is 1.19 bits per heavy atom. The van der Waals surface area contributed by atoms with E-state index in [1.54, 1.807) is 31.0 Å². The third-order valence-corrected chi connectivity index (χ3v) is 5.73. The molecule has 7 heteroatoms. The second-order valence-electron chi connectivity index (χ2n) is 7.18. The molecule has 2 atom stereocenters. The molecule has 4 heterocycles. The van der Waals surface area contributed by atoms with E-state index in [4.69, 9.17) is 0 Å². The summed E-state index contributed by atoms with van der Waals surface area (Å²) in [6, 6.07) is 4.05. The van der Waals surface area contributed by atoms with Crippen molar-refractivity contribution in [2.24, 2.45) is 5.41 Å². The van der Waals surface area contributed by atoms with Gasteiger partial charge in [-0.15, -0.1) is 0 Å². The molecule has 1 unspecified atom stereocenters. The van der Waals surface area contributed by atoms with Gasteiger partial charge in [0, 0.05) is 50.5 Å². The number of anilines is 1. The minimum Gasteiger partial charge on any atom is -0.481 e. The molecule has 2 aromatic heterocycles. The van der Waals surface area contributed by atoms with E-state index in [-0.39, 0.29) is 6.04 Å². The Bertz CT molecular complexity index is 757. The highest BCUT2D eigenvalue weighted by molar-refractivity contribution is 5.77. The highest BCUT2D eigenvalue weighted by Crippen LogP contribution is 2.43. The number of carboxylic acids is 1. The van der Waals surface area contributed by atoms with E-state index in [1.807, 2.05) is 12.1 Å². The molecule has 0 bridgehead atoms. The number of pyridine rings is 1. The molecule has 2 aliphatic rings. The van der Waals surface area contributed by atoms with E-state index < -0.39 is 11.4 Å². The number of aromatic nitrogens is 3. The summed E-state index contributed by atoms with van der Waals surface area (Å²) < 4.78 is 0. The van der Waals surface area contributed by atoms with Crippen molar-refractivity contribution in [2.45, 2.75) is 31.8 Å². The van der Waals surface area contributed by atoms with Crippen LogP contribution in [0.15, 0.2) is 43.1 Å². The third kappa shape index (κ3) is 3.03. The predicted molar refractivity (Wildman–Crippen MR) is 96.6 cm³/mol. The number of piperidine rings is 2. The van der Waals surface area contributed by atoms with Gasteiger partial charge in [0.25, 0.3) is 0 Å². The van der Waals surface area contributed by atoms with Crippen LogP contribution in [-0.4, -0.2) is 56.6 Å². The second kappa shape index (κ2) is 6.99. The second-order valence-corrected chi connectivity index (χ2v) is 7.18. The van der Waals surface area contributed by atoms with Gasteiger partial charge in [-0.3, -0.25) is 19.7 Å². The fourth-order valence-electron chi connectivity index (χ4n) is 4.49.